The molecule has 0 aromatic heterocycles. The van der Waals surface area contributed by atoms with Gasteiger partial charge in [0.1, 0.15) is 5.69 Å². The Morgan fingerprint density at radius 1 is 1.20 bits per heavy atom. The first-order valence-electron chi connectivity index (χ1n) is 6.03. The number of hydrogen-bond donors (Lipinski definition) is 2. The Morgan fingerprint density at radius 2 is 1.70 bits per heavy atom. The second-order valence-corrected chi connectivity index (χ2v) is 7.78. The van der Waals surface area contributed by atoms with Crippen molar-refractivity contribution in [3.8, 4) is 0 Å². The van der Waals surface area contributed by atoms with Crippen LogP contribution in [0.25, 0.3) is 0 Å². The molecule has 0 aliphatic heterocycles. The normalized spacial score (nSPS) is 13.6. The molecule has 2 N–H and O–H groups in total. The molecule has 20 heavy (non-hydrogen) atoms. The lowest BCUT2D eigenvalue weighted by Crippen LogP contribution is -2.37. The standard InChI is InChI=1S/C12H17BrF2N2O2S/c1-7(2)16-6-8(3)20(18,19)17-12-10(14)4-9(13)5-11(12)15/h4-5,7-8,16-17H,6H2,1-3H3. The van der Waals surface area contributed by atoms with Gasteiger partial charge < -0.3 is 5.32 Å². The Kier molecular flexibility index (Phi) is 5.91. The van der Waals surface area contributed by atoms with Crippen molar-refractivity contribution >= 4 is 31.6 Å². The van der Waals surface area contributed by atoms with Gasteiger partial charge in [-0.3, -0.25) is 4.72 Å². The van der Waals surface area contributed by atoms with E-state index in [0.717, 1.165) is 12.1 Å². The molecule has 1 unspecified atom stereocenters. The number of halogens is 3. The summed E-state index contributed by atoms with van der Waals surface area (Å²) in [5.74, 6) is -1.94. The molecule has 0 aliphatic carbocycles. The minimum atomic E-state index is -3.87. The van der Waals surface area contributed by atoms with Crippen molar-refractivity contribution in [3.63, 3.8) is 0 Å². The molecule has 1 aromatic rings. The summed E-state index contributed by atoms with van der Waals surface area (Å²) in [7, 11) is -3.87. The second kappa shape index (κ2) is 6.82. The molecular formula is C12H17BrF2N2O2S. The number of benzene rings is 1. The van der Waals surface area contributed by atoms with Gasteiger partial charge in [0.2, 0.25) is 10.0 Å². The number of sulfonamides is 1. The van der Waals surface area contributed by atoms with Crippen LogP contribution in [0.15, 0.2) is 16.6 Å². The summed E-state index contributed by atoms with van der Waals surface area (Å²) >= 11 is 2.93. The lowest BCUT2D eigenvalue weighted by Gasteiger charge is -2.17. The van der Waals surface area contributed by atoms with Crippen LogP contribution in [0.2, 0.25) is 0 Å². The van der Waals surface area contributed by atoms with Crippen LogP contribution >= 0.6 is 15.9 Å². The van der Waals surface area contributed by atoms with Gasteiger partial charge in [0, 0.05) is 17.1 Å². The summed E-state index contributed by atoms with van der Waals surface area (Å²) in [6, 6.07) is 2.12. The van der Waals surface area contributed by atoms with Crippen molar-refractivity contribution in [2.24, 2.45) is 0 Å². The smallest absolute Gasteiger partial charge is 0.236 e. The Balaban J connectivity index is 2.91. The van der Waals surface area contributed by atoms with Crippen LogP contribution in [0.1, 0.15) is 20.8 Å². The molecule has 1 aromatic carbocycles. The van der Waals surface area contributed by atoms with Gasteiger partial charge in [0.15, 0.2) is 11.6 Å². The van der Waals surface area contributed by atoms with Crippen molar-refractivity contribution < 1.29 is 17.2 Å². The number of nitrogens with one attached hydrogen (secondary N) is 2. The monoisotopic (exact) mass is 370 g/mol. The van der Waals surface area contributed by atoms with E-state index in [2.05, 4.69) is 21.2 Å². The number of rotatable bonds is 6. The molecule has 0 bridgehead atoms. The summed E-state index contributed by atoms with van der Waals surface area (Å²) in [6.07, 6.45) is 0. The zero-order valence-electron chi connectivity index (χ0n) is 11.4. The molecule has 4 nitrogen and oxygen atoms in total. The molecule has 0 saturated carbocycles. The summed E-state index contributed by atoms with van der Waals surface area (Å²) in [6.45, 7) is 5.40. The van der Waals surface area contributed by atoms with E-state index in [1.54, 1.807) is 0 Å². The van der Waals surface area contributed by atoms with Crippen molar-refractivity contribution in [2.75, 3.05) is 11.3 Å². The Bertz CT molecular complexity index is 556. The first-order chi connectivity index (χ1) is 9.13. The van der Waals surface area contributed by atoms with Crippen LogP contribution in [-0.2, 0) is 10.0 Å². The van der Waals surface area contributed by atoms with E-state index in [-0.39, 0.29) is 17.1 Å². The van der Waals surface area contributed by atoms with Crippen LogP contribution in [0.3, 0.4) is 0 Å². The molecule has 0 amide bonds. The van der Waals surface area contributed by atoms with Crippen molar-refractivity contribution in [2.45, 2.75) is 32.1 Å². The molecular weight excluding hydrogens is 354 g/mol. The third kappa shape index (κ3) is 4.68. The molecule has 0 radical (unpaired) electrons. The summed E-state index contributed by atoms with van der Waals surface area (Å²) < 4.78 is 53.4. The van der Waals surface area contributed by atoms with Gasteiger partial charge in [-0.05, 0) is 19.1 Å². The summed E-state index contributed by atoms with van der Waals surface area (Å²) in [5, 5.41) is 2.13. The fraction of sp³-hybridized carbons (Fsp3) is 0.500. The maximum atomic E-state index is 13.6. The van der Waals surface area contributed by atoms with Gasteiger partial charge >= 0.3 is 0 Å². The van der Waals surface area contributed by atoms with Crippen LogP contribution < -0.4 is 10.0 Å². The quantitative estimate of drug-likeness (QED) is 0.809. The average molecular weight is 371 g/mol. The Hall–Kier alpha value is -0.730. The van der Waals surface area contributed by atoms with Crippen molar-refractivity contribution in [3.05, 3.63) is 28.2 Å². The third-order valence-electron chi connectivity index (χ3n) is 2.59. The predicted octanol–water partition coefficient (Wildman–Crippen LogP) is 2.86. The first kappa shape index (κ1) is 17.3. The summed E-state index contributed by atoms with van der Waals surface area (Å²) in [4.78, 5) is 0. The van der Waals surface area contributed by atoms with Crippen LogP contribution in [0.4, 0.5) is 14.5 Å². The van der Waals surface area contributed by atoms with E-state index in [1.165, 1.54) is 6.92 Å². The molecule has 114 valence electrons. The first-order valence-corrected chi connectivity index (χ1v) is 8.37. The van der Waals surface area contributed by atoms with E-state index < -0.39 is 32.6 Å². The number of anilines is 1. The molecule has 1 atom stereocenters. The third-order valence-corrected chi connectivity index (χ3v) is 4.77. The van der Waals surface area contributed by atoms with E-state index >= 15 is 0 Å². The highest BCUT2D eigenvalue weighted by Crippen LogP contribution is 2.25. The fourth-order valence-electron chi connectivity index (χ4n) is 1.39. The molecule has 0 heterocycles. The molecule has 1 rings (SSSR count). The van der Waals surface area contributed by atoms with Gasteiger partial charge in [0.05, 0.1) is 5.25 Å². The van der Waals surface area contributed by atoms with Gasteiger partial charge in [-0.25, -0.2) is 17.2 Å². The molecule has 0 aliphatic rings. The SMILES string of the molecule is CC(C)NCC(C)S(=O)(=O)Nc1c(F)cc(Br)cc1F. The van der Waals surface area contributed by atoms with Crippen LogP contribution in [0.5, 0.6) is 0 Å². The zero-order valence-corrected chi connectivity index (χ0v) is 13.8. The fourth-order valence-corrected chi connectivity index (χ4v) is 2.79. The molecule has 0 spiro atoms. The van der Waals surface area contributed by atoms with E-state index in [4.69, 9.17) is 0 Å². The number of hydrogen-bond acceptors (Lipinski definition) is 3. The average Bonchev–Trinajstić information content (AvgIpc) is 2.30. The highest BCUT2D eigenvalue weighted by molar-refractivity contribution is 9.10. The highest BCUT2D eigenvalue weighted by Gasteiger charge is 2.24. The van der Waals surface area contributed by atoms with Crippen molar-refractivity contribution in [1.29, 1.82) is 0 Å². The minimum absolute atomic E-state index is 0.119. The Labute approximate surface area is 126 Å². The van der Waals surface area contributed by atoms with Gasteiger partial charge in [0.25, 0.3) is 0 Å². The lowest BCUT2D eigenvalue weighted by atomic mass is 10.3. The lowest BCUT2D eigenvalue weighted by molar-refractivity contribution is 0.551. The topological polar surface area (TPSA) is 58.2 Å². The van der Waals surface area contributed by atoms with Crippen LogP contribution in [0, 0.1) is 11.6 Å². The maximum absolute atomic E-state index is 13.6. The minimum Gasteiger partial charge on any atom is -0.313 e. The van der Waals surface area contributed by atoms with E-state index in [9.17, 15) is 17.2 Å². The highest BCUT2D eigenvalue weighted by atomic mass is 79.9. The predicted molar refractivity (Wildman–Crippen MR) is 79.2 cm³/mol. The molecule has 8 heteroatoms. The molecule has 0 fully saturated rings. The largest absolute Gasteiger partial charge is 0.313 e. The van der Waals surface area contributed by atoms with E-state index in [0.29, 0.717) is 0 Å². The van der Waals surface area contributed by atoms with Crippen LogP contribution in [-0.4, -0.2) is 26.3 Å². The van der Waals surface area contributed by atoms with Gasteiger partial charge in [-0.15, -0.1) is 0 Å². The Morgan fingerprint density at radius 3 is 2.15 bits per heavy atom. The second-order valence-electron chi connectivity index (χ2n) is 4.77. The summed E-state index contributed by atoms with van der Waals surface area (Å²) in [5.41, 5.74) is -0.662. The van der Waals surface area contributed by atoms with Gasteiger partial charge in [-0.1, -0.05) is 29.8 Å². The zero-order chi connectivity index (χ0) is 15.5. The van der Waals surface area contributed by atoms with E-state index in [1.807, 2.05) is 18.6 Å². The molecule has 0 saturated heterocycles. The van der Waals surface area contributed by atoms with Gasteiger partial charge in [-0.2, -0.15) is 0 Å². The van der Waals surface area contributed by atoms with Crippen molar-refractivity contribution in [1.82, 2.24) is 5.32 Å². The maximum Gasteiger partial charge on any atom is 0.236 e.